The maximum Gasteiger partial charge on any atom is 0.321 e. The second-order valence-electron chi connectivity index (χ2n) is 4.57. The van der Waals surface area contributed by atoms with Crippen molar-refractivity contribution >= 4 is 17.4 Å². The Morgan fingerprint density at radius 3 is 2.88 bits per heavy atom. The molecule has 0 atom stereocenters. The van der Waals surface area contributed by atoms with Gasteiger partial charge in [-0.3, -0.25) is 4.90 Å². The third-order valence-corrected chi connectivity index (χ3v) is 3.44. The first-order valence-electron chi connectivity index (χ1n) is 6.27. The van der Waals surface area contributed by atoms with E-state index in [0.717, 1.165) is 44.6 Å². The molecule has 2 heterocycles. The zero-order chi connectivity index (χ0) is 11.7. The molecule has 2 amide bonds. The van der Waals surface area contributed by atoms with E-state index in [-0.39, 0.29) is 6.03 Å². The average Bonchev–Trinajstić information content (AvgIpc) is 2.39. The molecule has 2 aliphatic rings. The average molecular weight is 231 g/mol. The lowest BCUT2D eigenvalue weighted by Crippen LogP contribution is -2.47. The lowest BCUT2D eigenvalue weighted by atomic mass is 10.0. The molecular weight excluding hydrogens is 214 g/mol. The molecule has 0 unspecified atom stereocenters. The van der Waals surface area contributed by atoms with Gasteiger partial charge in [0.1, 0.15) is 0 Å². The first kappa shape index (κ1) is 10.4. The molecule has 17 heavy (non-hydrogen) atoms. The van der Waals surface area contributed by atoms with Crippen molar-refractivity contribution < 1.29 is 4.79 Å². The first-order chi connectivity index (χ1) is 8.36. The Bertz CT molecular complexity index is 444. The largest absolute Gasteiger partial charge is 0.385 e. The van der Waals surface area contributed by atoms with Crippen molar-refractivity contribution in [1.29, 1.82) is 0 Å². The Morgan fingerprint density at radius 1 is 1.12 bits per heavy atom. The van der Waals surface area contributed by atoms with E-state index in [4.69, 9.17) is 0 Å². The molecule has 0 radical (unpaired) electrons. The zero-order valence-corrected chi connectivity index (χ0v) is 9.83. The van der Waals surface area contributed by atoms with Gasteiger partial charge in [0.05, 0.1) is 5.69 Å². The highest BCUT2D eigenvalue weighted by Crippen LogP contribution is 2.32. The fourth-order valence-corrected chi connectivity index (χ4v) is 2.60. The Morgan fingerprint density at radius 2 is 2.00 bits per heavy atom. The summed E-state index contributed by atoms with van der Waals surface area (Å²) in [6.45, 7) is 2.65. The smallest absolute Gasteiger partial charge is 0.321 e. The molecule has 1 saturated heterocycles. The minimum absolute atomic E-state index is 0.0372. The van der Waals surface area contributed by atoms with Crippen molar-refractivity contribution in [3.8, 4) is 0 Å². The van der Waals surface area contributed by atoms with E-state index in [0.29, 0.717) is 0 Å². The number of fused-ring (bicyclic) bond motifs is 1. The standard InChI is InChI=1S/C13H17N3O/c17-13-15-8-3-9-16(13)12-6-1-5-11-10(12)4-2-7-14-11/h1,5-6,14H,2-4,7-9H2,(H,15,17). The van der Waals surface area contributed by atoms with Crippen LogP contribution in [0, 0.1) is 0 Å². The van der Waals surface area contributed by atoms with Crippen molar-refractivity contribution in [2.45, 2.75) is 19.3 Å². The predicted octanol–water partition coefficient (Wildman–Crippen LogP) is 1.96. The molecule has 1 aromatic carbocycles. The number of carbonyl (C=O) groups is 1. The van der Waals surface area contributed by atoms with Crippen molar-refractivity contribution in [1.82, 2.24) is 5.32 Å². The van der Waals surface area contributed by atoms with Gasteiger partial charge in [0.25, 0.3) is 0 Å². The highest BCUT2D eigenvalue weighted by molar-refractivity contribution is 5.94. The van der Waals surface area contributed by atoms with Gasteiger partial charge in [-0.05, 0) is 37.0 Å². The highest BCUT2D eigenvalue weighted by atomic mass is 16.2. The number of rotatable bonds is 1. The highest BCUT2D eigenvalue weighted by Gasteiger charge is 2.23. The normalized spacial score (nSPS) is 19.3. The molecule has 4 nitrogen and oxygen atoms in total. The van der Waals surface area contributed by atoms with Gasteiger partial charge in [-0.25, -0.2) is 4.79 Å². The number of hydrogen-bond acceptors (Lipinski definition) is 2. The summed E-state index contributed by atoms with van der Waals surface area (Å²) in [4.78, 5) is 13.7. The number of urea groups is 1. The second-order valence-corrected chi connectivity index (χ2v) is 4.57. The maximum atomic E-state index is 11.9. The van der Waals surface area contributed by atoms with E-state index < -0.39 is 0 Å². The molecule has 0 saturated carbocycles. The molecule has 90 valence electrons. The summed E-state index contributed by atoms with van der Waals surface area (Å²) < 4.78 is 0. The SMILES string of the molecule is O=C1NCCCN1c1cccc2c1CCCN2. The second kappa shape index (κ2) is 4.28. The summed E-state index contributed by atoms with van der Waals surface area (Å²) in [5.74, 6) is 0. The van der Waals surface area contributed by atoms with Gasteiger partial charge in [0.2, 0.25) is 0 Å². The summed E-state index contributed by atoms with van der Waals surface area (Å²) in [5.41, 5.74) is 3.55. The van der Waals surface area contributed by atoms with Gasteiger partial charge in [-0.2, -0.15) is 0 Å². The Balaban J connectivity index is 1.99. The molecule has 2 N–H and O–H groups in total. The van der Waals surface area contributed by atoms with Crippen molar-refractivity contribution in [3.63, 3.8) is 0 Å². The van der Waals surface area contributed by atoms with Crippen LogP contribution in [0.5, 0.6) is 0 Å². The van der Waals surface area contributed by atoms with Crippen LogP contribution in [0.25, 0.3) is 0 Å². The van der Waals surface area contributed by atoms with Gasteiger partial charge in [0, 0.05) is 25.3 Å². The predicted molar refractivity (Wildman–Crippen MR) is 68.6 cm³/mol. The summed E-state index contributed by atoms with van der Waals surface area (Å²) in [6, 6.07) is 6.21. The number of nitrogens with one attached hydrogen (secondary N) is 2. The molecule has 0 aromatic heterocycles. The topological polar surface area (TPSA) is 44.4 Å². The van der Waals surface area contributed by atoms with E-state index in [1.165, 1.54) is 11.3 Å². The van der Waals surface area contributed by atoms with Crippen LogP contribution in [0.3, 0.4) is 0 Å². The third-order valence-electron chi connectivity index (χ3n) is 3.44. The van der Waals surface area contributed by atoms with E-state index in [2.05, 4.69) is 22.8 Å². The molecular formula is C13H17N3O. The van der Waals surface area contributed by atoms with Crippen LogP contribution in [0.15, 0.2) is 18.2 Å². The Kier molecular flexibility index (Phi) is 2.63. The van der Waals surface area contributed by atoms with Crippen molar-refractivity contribution in [2.75, 3.05) is 29.9 Å². The fourth-order valence-electron chi connectivity index (χ4n) is 2.60. The summed E-state index contributed by atoms with van der Waals surface area (Å²) in [5, 5.41) is 6.30. The van der Waals surface area contributed by atoms with Crippen LogP contribution in [0.1, 0.15) is 18.4 Å². The van der Waals surface area contributed by atoms with Crippen LogP contribution in [0.4, 0.5) is 16.2 Å². The van der Waals surface area contributed by atoms with Gasteiger partial charge in [-0.1, -0.05) is 6.07 Å². The molecule has 4 heteroatoms. The summed E-state index contributed by atoms with van der Waals surface area (Å²) >= 11 is 0. The zero-order valence-electron chi connectivity index (χ0n) is 9.83. The molecule has 2 aliphatic heterocycles. The number of benzene rings is 1. The number of amides is 2. The maximum absolute atomic E-state index is 11.9. The third kappa shape index (κ3) is 1.84. The van der Waals surface area contributed by atoms with Gasteiger partial charge >= 0.3 is 6.03 Å². The number of nitrogens with zero attached hydrogens (tertiary/aromatic N) is 1. The van der Waals surface area contributed by atoms with E-state index in [1.807, 2.05) is 11.0 Å². The van der Waals surface area contributed by atoms with Gasteiger partial charge in [-0.15, -0.1) is 0 Å². The lowest BCUT2D eigenvalue weighted by molar-refractivity contribution is 0.243. The van der Waals surface area contributed by atoms with Crippen molar-refractivity contribution in [3.05, 3.63) is 23.8 Å². The van der Waals surface area contributed by atoms with Gasteiger partial charge in [0.15, 0.2) is 0 Å². The molecule has 3 rings (SSSR count). The fraction of sp³-hybridized carbons (Fsp3) is 0.462. The molecule has 1 aromatic rings. The molecule has 1 fully saturated rings. The Labute approximate surface area is 101 Å². The van der Waals surface area contributed by atoms with Crippen LogP contribution < -0.4 is 15.5 Å². The number of carbonyl (C=O) groups excluding carboxylic acids is 1. The minimum atomic E-state index is 0.0372. The summed E-state index contributed by atoms with van der Waals surface area (Å²) in [7, 11) is 0. The van der Waals surface area contributed by atoms with E-state index >= 15 is 0 Å². The van der Waals surface area contributed by atoms with Crippen LogP contribution in [-0.2, 0) is 6.42 Å². The van der Waals surface area contributed by atoms with Crippen molar-refractivity contribution in [2.24, 2.45) is 0 Å². The first-order valence-corrected chi connectivity index (χ1v) is 6.27. The molecule has 0 aliphatic carbocycles. The van der Waals surface area contributed by atoms with Crippen LogP contribution >= 0.6 is 0 Å². The molecule has 0 bridgehead atoms. The minimum Gasteiger partial charge on any atom is -0.385 e. The Hall–Kier alpha value is -1.71. The van der Waals surface area contributed by atoms with Crippen LogP contribution in [-0.4, -0.2) is 25.7 Å². The number of hydrogen-bond donors (Lipinski definition) is 2. The lowest BCUT2D eigenvalue weighted by Gasteiger charge is -2.31. The quantitative estimate of drug-likeness (QED) is 0.776. The summed E-state index contributed by atoms with van der Waals surface area (Å²) in [6.07, 6.45) is 3.21. The monoisotopic (exact) mass is 231 g/mol. The van der Waals surface area contributed by atoms with E-state index in [1.54, 1.807) is 0 Å². The molecule has 0 spiro atoms. The number of anilines is 2. The van der Waals surface area contributed by atoms with Crippen LogP contribution in [0.2, 0.25) is 0 Å². The van der Waals surface area contributed by atoms with E-state index in [9.17, 15) is 4.79 Å². The van der Waals surface area contributed by atoms with Gasteiger partial charge < -0.3 is 10.6 Å².